The predicted molar refractivity (Wildman–Crippen MR) is 167 cm³/mol. The number of methoxy groups -OCH3 is 1. The molecule has 2 aromatic carbocycles. The van der Waals surface area contributed by atoms with Crippen molar-refractivity contribution in [2.75, 3.05) is 24.4 Å². The van der Waals surface area contributed by atoms with E-state index in [-0.39, 0.29) is 23.0 Å². The lowest BCUT2D eigenvalue weighted by atomic mass is 10.1. The molecule has 0 aliphatic heterocycles. The molecule has 0 bridgehead atoms. The van der Waals surface area contributed by atoms with Crippen LogP contribution in [-0.4, -0.2) is 19.7 Å². The molecule has 0 unspecified atom stereocenters. The lowest BCUT2D eigenvalue weighted by molar-refractivity contribution is -0.689. The van der Waals surface area contributed by atoms with E-state index in [9.17, 15) is 4.79 Å². The van der Waals surface area contributed by atoms with Gasteiger partial charge in [-0.05, 0) is 30.7 Å². The number of anilines is 2. The molecule has 226 valence electrons. The first kappa shape index (κ1) is 34.6. The molecule has 1 heterocycles. The number of hydrogen-bond acceptors (Lipinski definition) is 4. The van der Waals surface area contributed by atoms with Gasteiger partial charge in [0.2, 0.25) is 5.51 Å². The summed E-state index contributed by atoms with van der Waals surface area (Å²) in [4.78, 5) is 12.8. The van der Waals surface area contributed by atoms with Crippen molar-refractivity contribution in [3.05, 3.63) is 64.6 Å². The number of ether oxygens (including phenoxy) is 2. The molecule has 0 spiro atoms. The van der Waals surface area contributed by atoms with E-state index in [0.29, 0.717) is 23.8 Å². The average molecular weight is 647 g/mol. The Balaban J connectivity index is 0.00000588. The molecule has 0 aliphatic carbocycles. The standard InChI is InChI=1S/C33H47N3O3S.BrH/c1-4-5-6-7-8-9-10-11-12-13-14-15-23-39-32-30(17-16-18-31(32)38-3)35-33(37)34-29-21-19-28(20-22-29)24-36-26-40-25-27(36)2;/h16-22,25-26H,4-15,23-24H2,1-3H3,(H-,34,35,37);1H. The van der Waals surface area contributed by atoms with Gasteiger partial charge in [0.05, 0.1) is 24.8 Å². The Bertz CT molecular complexity index is 1140. The Hall–Kier alpha value is -2.58. The van der Waals surface area contributed by atoms with E-state index in [1.165, 1.54) is 75.5 Å². The Morgan fingerprint density at radius 3 is 2.07 bits per heavy atom. The third-order valence-electron chi connectivity index (χ3n) is 7.14. The summed E-state index contributed by atoms with van der Waals surface area (Å²) in [5.41, 5.74) is 5.85. The van der Waals surface area contributed by atoms with Crippen LogP contribution in [0.3, 0.4) is 0 Å². The molecule has 0 saturated carbocycles. The number of aromatic nitrogens is 1. The van der Waals surface area contributed by atoms with Gasteiger partial charge in [-0.2, -0.15) is 4.57 Å². The molecule has 1 aromatic heterocycles. The number of halogens is 1. The smallest absolute Gasteiger partial charge is 0.323 e. The molecule has 0 fully saturated rings. The highest BCUT2D eigenvalue weighted by atomic mass is 79.9. The van der Waals surface area contributed by atoms with Crippen molar-refractivity contribution in [1.82, 2.24) is 0 Å². The number of thiazole rings is 1. The summed E-state index contributed by atoms with van der Waals surface area (Å²) in [6.45, 7) is 5.78. The summed E-state index contributed by atoms with van der Waals surface area (Å²) in [6.07, 6.45) is 15.6. The molecular weight excluding hydrogens is 598 g/mol. The molecule has 2 N–H and O–H groups in total. The number of urea groups is 1. The molecule has 0 saturated heterocycles. The van der Waals surface area contributed by atoms with Gasteiger partial charge in [0, 0.05) is 18.2 Å². The maximum Gasteiger partial charge on any atom is 0.323 e. The van der Waals surface area contributed by atoms with Gasteiger partial charge < -0.3 is 37.1 Å². The van der Waals surface area contributed by atoms with Crippen LogP contribution in [0.1, 0.15) is 95.2 Å². The number of benzene rings is 2. The van der Waals surface area contributed by atoms with Gasteiger partial charge in [-0.1, -0.05) is 107 Å². The van der Waals surface area contributed by atoms with Crippen molar-refractivity contribution in [2.45, 2.75) is 97.4 Å². The van der Waals surface area contributed by atoms with Gasteiger partial charge in [0.1, 0.15) is 0 Å². The molecule has 2 amide bonds. The van der Waals surface area contributed by atoms with Gasteiger partial charge in [0.15, 0.2) is 23.7 Å². The monoisotopic (exact) mass is 645 g/mol. The topological polar surface area (TPSA) is 63.5 Å². The number of unbranched alkanes of at least 4 members (excludes halogenated alkanes) is 11. The minimum Gasteiger partial charge on any atom is -1.00 e. The van der Waals surface area contributed by atoms with Crippen LogP contribution in [0.15, 0.2) is 53.4 Å². The minimum absolute atomic E-state index is 0. The fourth-order valence-corrected chi connectivity index (χ4v) is 5.51. The number of amides is 2. The second-order valence-electron chi connectivity index (χ2n) is 10.5. The van der Waals surface area contributed by atoms with Crippen LogP contribution in [0.25, 0.3) is 0 Å². The van der Waals surface area contributed by atoms with E-state index < -0.39 is 0 Å². The number of hydrogen-bond donors (Lipinski definition) is 2. The van der Waals surface area contributed by atoms with E-state index in [1.54, 1.807) is 18.4 Å². The summed E-state index contributed by atoms with van der Waals surface area (Å²) >= 11 is 1.69. The summed E-state index contributed by atoms with van der Waals surface area (Å²) in [7, 11) is 1.62. The summed E-state index contributed by atoms with van der Waals surface area (Å²) in [6, 6.07) is 13.1. The molecule has 8 heteroatoms. The zero-order valence-corrected chi connectivity index (χ0v) is 27.5. The largest absolute Gasteiger partial charge is 1.00 e. The van der Waals surface area contributed by atoms with Gasteiger partial charge in [0.25, 0.3) is 0 Å². The fourth-order valence-electron chi connectivity index (χ4n) is 4.73. The molecule has 0 radical (unpaired) electrons. The van der Waals surface area contributed by atoms with Crippen molar-refractivity contribution >= 4 is 28.7 Å². The highest BCUT2D eigenvalue weighted by Gasteiger charge is 2.14. The quantitative estimate of drug-likeness (QED) is 0.122. The van der Waals surface area contributed by atoms with Crippen molar-refractivity contribution in [1.29, 1.82) is 0 Å². The highest BCUT2D eigenvalue weighted by molar-refractivity contribution is 7.07. The zero-order chi connectivity index (χ0) is 28.4. The van der Waals surface area contributed by atoms with Crippen LogP contribution in [0.5, 0.6) is 11.5 Å². The molecule has 0 aliphatic rings. The van der Waals surface area contributed by atoms with Crippen molar-refractivity contribution in [2.24, 2.45) is 0 Å². The Morgan fingerprint density at radius 2 is 1.49 bits per heavy atom. The van der Waals surface area contributed by atoms with E-state index in [1.807, 2.05) is 42.5 Å². The second kappa shape index (κ2) is 20.3. The number of aryl methyl sites for hydroxylation is 1. The third kappa shape index (κ3) is 12.9. The van der Waals surface area contributed by atoms with Crippen molar-refractivity contribution < 1.29 is 35.8 Å². The number of carbonyl (C=O) groups excluding carboxylic acids is 1. The van der Waals surface area contributed by atoms with E-state index >= 15 is 0 Å². The van der Waals surface area contributed by atoms with Gasteiger partial charge in [-0.3, -0.25) is 0 Å². The molecular formula is C33H48BrN3O3S. The fraction of sp³-hybridized carbons (Fsp3) is 0.515. The van der Waals surface area contributed by atoms with Gasteiger partial charge in [-0.25, -0.2) is 4.79 Å². The van der Waals surface area contributed by atoms with Crippen LogP contribution >= 0.6 is 11.3 Å². The lowest BCUT2D eigenvalue weighted by Gasteiger charge is -2.16. The molecule has 0 atom stereocenters. The van der Waals surface area contributed by atoms with Crippen LogP contribution in [0.4, 0.5) is 16.2 Å². The Kier molecular flexibility index (Phi) is 17.2. The van der Waals surface area contributed by atoms with Crippen molar-refractivity contribution in [3.8, 4) is 11.5 Å². The molecule has 3 rings (SSSR count). The summed E-state index contributed by atoms with van der Waals surface area (Å²) in [5.74, 6) is 1.18. The van der Waals surface area contributed by atoms with Gasteiger partial charge in [-0.15, -0.1) is 0 Å². The van der Waals surface area contributed by atoms with Gasteiger partial charge >= 0.3 is 6.03 Å². The minimum atomic E-state index is -0.320. The van der Waals surface area contributed by atoms with E-state index in [2.05, 4.69) is 39.9 Å². The van der Waals surface area contributed by atoms with Crippen LogP contribution in [0.2, 0.25) is 0 Å². The first-order valence-corrected chi connectivity index (χ1v) is 15.9. The first-order chi connectivity index (χ1) is 19.6. The zero-order valence-electron chi connectivity index (χ0n) is 25.1. The highest BCUT2D eigenvalue weighted by Crippen LogP contribution is 2.35. The summed E-state index contributed by atoms with van der Waals surface area (Å²) in [5, 5.41) is 7.98. The second-order valence-corrected chi connectivity index (χ2v) is 11.2. The molecule has 6 nitrogen and oxygen atoms in total. The first-order valence-electron chi connectivity index (χ1n) is 15.0. The maximum absolute atomic E-state index is 12.8. The van der Waals surface area contributed by atoms with Crippen LogP contribution in [-0.2, 0) is 6.54 Å². The number of rotatable bonds is 19. The Labute approximate surface area is 261 Å². The number of para-hydroxylation sites is 1. The lowest BCUT2D eigenvalue weighted by Crippen LogP contribution is -3.00. The average Bonchev–Trinajstić information content (AvgIpc) is 3.36. The van der Waals surface area contributed by atoms with E-state index in [0.717, 1.165) is 25.1 Å². The van der Waals surface area contributed by atoms with Crippen molar-refractivity contribution in [3.63, 3.8) is 0 Å². The normalized spacial score (nSPS) is 10.6. The van der Waals surface area contributed by atoms with E-state index in [4.69, 9.17) is 9.47 Å². The predicted octanol–water partition coefficient (Wildman–Crippen LogP) is 6.13. The number of carbonyl (C=O) groups is 1. The molecule has 41 heavy (non-hydrogen) atoms. The molecule has 3 aromatic rings. The van der Waals surface area contributed by atoms with Crippen LogP contribution in [0, 0.1) is 6.92 Å². The summed E-state index contributed by atoms with van der Waals surface area (Å²) < 4.78 is 13.8. The maximum atomic E-state index is 12.8. The number of nitrogens with zero attached hydrogens (tertiary/aromatic N) is 1. The number of nitrogens with one attached hydrogen (secondary N) is 2. The van der Waals surface area contributed by atoms with Crippen LogP contribution < -0.4 is 41.7 Å². The Morgan fingerprint density at radius 1 is 0.854 bits per heavy atom. The third-order valence-corrected chi connectivity index (χ3v) is 7.99. The SMILES string of the molecule is CCCCCCCCCCCCCCOc1c(NC(=O)Nc2ccc(C[n+]3cscc3C)cc2)cccc1OC.[Br-].